The fraction of sp³-hybridized carbons (Fsp3) is 0.308. The molecule has 3 heteroatoms. The third-order valence-corrected chi connectivity index (χ3v) is 2.91. The predicted octanol–water partition coefficient (Wildman–Crippen LogP) is 1.86. The average Bonchev–Trinajstić information content (AvgIpc) is 2.36. The maximum Gasteiger partial charge on any atom is 0.0834 e. The number of aromatic nitrogens is 1. The number of benzene rings is 1. The van der Waals surface area contributed by atoms with Crippen LogP contribution in [0.15, 0.2) is 36.5 Å². The van der Waals surface area contributed by atoms with Gasteiger partial charge in [0.1, 0.15) is 0 Å². The number of pyridine rings is 1. The van der Waals surface area contributed by atoms with Gasteiger partial charge in [-0.2, -0.15) is 0 Å². The summed E-state index contributed by atoms with van der Waals surface area (Å²) in [6.45, 7) is 2.41. The second-order valence-corrected chi connectivity index (χ2v) is 4.08. The Labute approximate surface area is 94.9 Å². The van der Waals surface area contributed by atoms with Gasteiger partial charge in [-0.1, -0.05) is 25.1 Å². The lowest BCUT2D eigenvalue weighted by atomic mass is 9.95. The van der Waals surface area contributed by atoms with E-state index in [-0.39, 0.29) is 5.92 Å². The van der Waals surface area contributed by atoms with Crippen molar-refractivity contribution in [2.75, 3.05) is 6.54 Å². The highest BCUT2D eigenvalue weighted by Crippen LogP contribution is 2.27. The van der Waals surface area contributed by atoms with Gasteiger partial charge in [-0.15, -0.1) is 0 Å². The van der Waals surface area contributed by atoms with Crippen LogP contribution in [0, 0.1) is 5.92 Å². The van der Waals surface area contributed by atoms with Crippen molar-refractivity contribution in [3.8, 4) is 0 Å². The van der Waals surface area contributed by atoms with Crippen molar-refractivity contribution in [2.45, 2.75) is 13.0 Å². The van der Waals surface area contributed by atoms with Gasteiger partial charge in [0.15, 0.2) is 0 Å². The van der Waals surface area contributed by atoms with Crippen molar-refractivity contribution in [1.29, 1.82) is 0 Å². The largest absolute Gasteiger partial charge is 0.388 e. The number of hydrogen-bond donors (Lipinski definition) is 2. The molecule has 84 valence electrons. The van der Waals surface area contributed by atoms with E-state index < -0.39 is 6.10 Å². The zero-order valence-electron chi connectivity index (χ0n) is 9.30. The molecule has 3 N–H and O–H groups in total. The highest BCUT2D eigenvalue weighted by atomic mass is 16.3. The van der Waals surface area contributed by atoms with Crippen molar-refractivity contribution in [3.63, 3.8) is 0 Å². The molecule has 1 aromatic heterocycles. The molecule has 0 bridgehead atoms. The normalized spacial score (nSPS) is 14.9. The standard InChI is InChI=1S/C13H16N2O/c1-9(8-14)13(16)11-6-7-15-12-5-3-2-4-10(11)12/h2-7,9,13,16H,8,14H2,1H3. The molecular weight excluding hydrogens is 200 g/mol. The van der Waals surface area contributed by atoms with E-state index in [1.54, 1.807) is 6.20 Å². The van der Waals surface area contributed by atoms with Crippen molar-refractivity contribution in [3.05, 3.63) is 42.1 Å². The fourth-order valence-corrected chi connectivity index (χ4v) is 1.81. The summed E-state index contributed by atoms with van der Waals surface area (Å²) in [6.07, 6.45) is 1.20. The molecule has 0 amide bonds. The van der Waals surface area contributed by atoms with Gasteiger partial charge in [0.05, 0.1) is 11.6 Å². The van der Waals surface area contributed by atoms with Crippen molar-refractivity contribution in [1.82, 2.24) is 4.98 Å². The molecule has 2 rings (SSSR count). The molecule has 2 atom stereocenters. The number of aliphatic hydroxyl groups excluding tert-OH is 1. The minimum absolute atomic E-state index is 0.0470. The van der Waals surface area contributed by atoms with Crippen LogP contribution < -0.4 is 5.73 Å². The third-order valence-electron chi connectivity index (χ3n) is 2.91. The maximum absolute atomic E-state index is 10.2. The summed E-state index contributed by atoms with van der Waals surface area (Å²) in [5.74, 6) is 0.0470. The molecule has 1 aromatic carbocycles. The molecule has 0 radical (unpaired) electrons. The van der Waals surface area contributed by atoms with Crippen molar-refractivity contribution in [2.24, 2.45) is 11.7 Å². The summed E-state index contributed by atoms with van der Waals surface area (Å²) in [5, 5.41) is 11.2. The number of nitrogens with zero attached hydrogens (tertiary/aromatic N) is 1. The quantitative estimate of drug-likeness (QED) is 0.823. The second-order valence-electron chi connectivity index (χ2n) is 4.08. The van der Waals surface area contributed by atoms with E-state index in [2.05, 4.69) is 4.98 Å². The van der Waals surface area contributed by atoms with E-state index in [9.17, 15) is 5.11 Å². The van der Waals surface area contributed by atoms with Crippen LogP contribution >= 0.6 is 0 Å². The Morgan fingerprint density at radius 1 is 1.31 bits per heavy atom. The van der Waals surface area contributed by atoms with Gasteiger partial charge < -0.3 is 10.8 Å². The molecule has 1 heterocycles. The van der Waals surface area contributed by atoms with E-state index >= 15 is 0 Å². The zero-order chi connectivity index (χ0) is 11.5. The fourth-order valence-electron chi connectivity index (χ4n) is 1.81. The second kappa shape index (κ2) is 4.60. The van der Waals surface area contributed by atoms with Gasteiger partial charge in [0.25, 0.3) is 0 Å². The lowest BCUT2D eigenvalue weighted by Gasteiger charge is -2.18. The van der Waals surface area contributed by atoms with E-state index in [1.165, 1.54) is 0 Å². The van der Waals surface area contributed by atoms with Gasteiger partial charge >= 0.3 is 0 Å². The Morgan fingerprint density at radius 2 is 2.06 bits per heavy atom. The molecule has 0 aliphatic carbocycles. The molecule has 0 aliphatic heterocycles. The molecule has 3 nitrogen and oxygen atoms in total. The van der Waals surface area contributed by atoms with E-state index in [4.69, 9.17) is 5.73 Å². The lowest BCUT2D eigenvalue weighted by molar-refractivity contribution is 0.123. The average molecular weight is 216 g/mol. The van der Waals surface area contributed by atoms with Gasteiger partial charge in [0, 0.05) is 11.6 Å². The molecule has 0 saturated carbocycles. The van der Waals surface area contributed by atoms with Crippen LogP contribution in [0.25, 0.3) is 10.9 Å². The van der Waals surface area contributed by atoms with Gasteiger partial charge in [-0.3, -0.25) is 4.98 Å². The summed E-state index contributed by atoms with van der Waals surface area (Å²) in [4.78, 5) is 4.27. The van der Waals surface area contributed by atoms with Crippen LogP contribution in [0.5, 0.6) is 0 Å². The minimum atomic E-state index is -0.530. The molecule has 0 aliphatic rings. The van der Waals surface area contributed by atoms with Crippen LogP contribution in [0.4, 0.5) is 0 Å². The molecule has 0 saturated heterocycles. The van der Waals surface area contributed by atoms with E-state index in [1.807, 2.05) is 37.3 Å². The first-order chi connectivity index (χ1) is 7.74. The number of para-hydroxylation sites is 1. The van der Waals surface area contributed by atoms with Crippen LogP contribution in [0.1, 0.15) is 18.6 Å². The molecule has 2 unspecified atom stereocenters. The monoisotopic (exact) mass is 216 g/mol. The van der Waals surface area contributed by atoms with Crippen LogP contribution in [0.2, 0.25) is 0 Å². The Hall–Kier alpha value is -1.45. The van der Waals surface area contributed by atoms with Crippen molar-refractivity contribution < 1.29 is 5.11 Å². The molecule has 0 fully saturated rings. The summed E-state index contributed by atoms with van der Waals surface area (Å²) in [7, 11) is 0. The van der Waals surface area contributed by atoms with Crippen LogP contribution in [-0.2, 0) is 0 Å². The number of fused-ring (bicyclic) bond motifs is 1. The van der Waals surface area contributed by atoms with Crippen LogP contribution in [0.3, 0.4) is 0 Å². The Kier molecular flexibility index (Phi) is 3.17. The van der Waals surface area contributed by atoms with Crippen LogP contribution in [-0.4, -0.2) is 16.6 Å². The third kappa shape index (κ3) is 1.92. The maximum atomic E-state index is 10.2. The Balaban J connectivity index is 2.52. The van der Waals surface area contributed by atoms with Gasteiger partial charge in [0.2, 0.25) is 0 Å². The molecule has 2 aromatic rings. The van der Waals surface area contributed by atoms with E-state index in [0.717, 1.165) is 16.5 Å². The summed E-state index contributed by atoms with van der Waals surface area (Å²) < 4.78 is 0. The first-order valence-electron chi connectivity index (χ1n) is 5.46. The smallest absolute Gasteiger partial charge is 0.0834 e. The van der Waals surface area contributed by atoms with Crippen molar-refractivity contribution >= 4 is 10.9 Å². The first kappa shape index (κ1) is 11.0. The number of nitrogens with two attached hydrogens (primary N) is 1. The highest BCUT2D eigenvalue weighted by molar-refractivity contribution is 5.82. The minimum Gasteiger partial charge on any atom is -0.388 e. The van der Waals surface area contributed by atoms with Gasteiger partial charge in [-0.25, -0.2) is 0 Å². The number of aliphatic hydroxyl groups is 1. The predicted molar refractivity (Wildman–Crippen MR) is 64.9 cm³/mol. The van der Waals surface area contributed by atoms with E-state index in [0.29, 0.717) is 6.54 Å². The highest BCUT2D eigenvalue weighted by Gasteiger charge is 2.17. The molecule has 16 heavy (non-hydrogen) atoms. The molecular formula is C13H16N2O. The number of hydrogen-bond acceptors (Lipinski definition) is 3. The lowest BCUT2D eigenvalue weighted by Crippen LogP contribution is -2.19. The van der Waals surface area contributed by atoms with Gasteiger partial charge in [-0.05, 0) is 30.2 Å². The number of rotatable bonds is 3. The Morgan fingerprint density at radius 3 is 2.81 bits per heavy atom. The summed E-state index contributed by atoms with van der Waals surface area (Å²) in [5.41, 5.74) is 7.39. The molecule has 0 spiro atoms. The topological polar surface area (TPSA) is 59.1 Å². The first-order valence-corrected chi connectivity index (χ1v) is 5.46. The summed E-state index contributed by atoms with van der Waals surface area (Å²) >= 11 is 0. The summed E-state index contributed by atoms with van der Waals surface area (Å²) in [6, 6.07) is 9.67. The zero-order valence-corrected chi connectivity index (χ0v) is 9.30. The SMILES string of the molecule is CC(CN)C(O)c1ccnc2ccccc12. The Bertz CT molecular complexity index is 479.